The Morgan fingerprint density at radius 3 is 1.85 bits per heavy atom. The molecule has 1 aromatic rings. The highest BCUT2D eigenvalue weighted by Gasteiger charge is 2.25. The van der Waals surface area contributed by atoms with E-state index in [2.05, 4.69) is 17.6 Å². The van der Waals surface area contributed by atoms with Crippen molar-refractivity contribution in [2.75, 3.05) is 6.61 Å². The Hall–Kier alpha value is -2.61. The van der Waals surface area contributed by atoms with Gasteiger partial charge in [-0.05, 0) is 24.1 Å². The lowest BCUT2D eigenvalue weighted by atomic mass is 10.0. The molecule has 0 aliphatic carbocycles. The molecule has 0 heterocycles. The summed E-state index contributed by atoms with van der Waals surface area (Å²) in [5, 5.41) is 23.9. The lowest BCUT2D eigenvalue weighted by molar-refractivity contribution is -0.131. The molecule has 8 heteroatoms. The highest BCUT2D eigenvalue weighted by Crippen LogP contribution is 2.13. The van der Waals surface area contributed by atoms with Gasteiger partial charge in [0.25, 0.3) is 0 Å². The third kappa shape index (κ3) is 13.2. The number of nitrogens with two attached hydrogens (primary N) is 1. The second-order valence-electron chi connectivity index (χ2n) is 8.92. The zero-order valence-electron chi connectivity index (χ0n) is 20.6. The summed E-state index contributed by atoms with van der Waals surface area (Å²) in [7, 11) is 0. The SMILES string of the molecule is CCCCCCCCCCCCCC(=O)N[C@@H](Cc1ccc(O)cc1)C(=O)N[C@@H](CO)C(N)=O. The third-order valence-corrected chi connectivity index (χ3v) is 5.88. The molecule has 0 saturated heterocycles. The number of aromatic hydroxyl groups is 1. The maximum atomic E-state index is 12.7. The minimum atomic E-state index is -1.22. The molecule has 0 radical (unpaired) electrons. The molecule has 0 spiro atoms. The van der Waals surface area contributed by atoms with Crippen molar-refractivity contribution in [1.29, 1.82) is 0 Å². The van der Waals surface area contributed by atoms with Crippen LogP contribution in [0.1, 0.15) is 89.5 Å². The van der Waals surface area contributed by atoms with Gasteiger partial charge in [0.1, 0.15) is 17.8 Å². The van der Waals surface area contributed by atoms with E-state index in [1.807, 2.05) is 0 Å². The predicted molar refractivity (Wildman–Crippen MR) is 133 cm³/mol. The van der Waals surface area contributed by atoms with E-state index in [1.165, 1.54) is 63.5 Å². The topological polar surface area (TPSA) is 142 Å². The Bertz CT molecular complexity index is 724. The average Bonchev–Trinajstić information content (AvgIpc) is 2.81. The Morgan fingerprint density at radius 2 is 1.35 bits per heavy atom. The number of amides is 3. The van der Waals surface area contributed by atoms with E-state index in [0.717, 1.165) is 24.8 Å². The van der Waals surface area contributed by atoms with Gasteiger partial charge in [-0.25, -0.2) is 0 Å². The Balaban J connectivity index is 2.43. The van der Waals surface area contributed by atoms with Gasteiger partial charge in [0.2, 0.25) is 17.7 Å². The molecule has 0 saturated carbocycles. The first kappa shape index (κ1) is 29.4. The van der Waals surface area contributed by atoms with Gasteiger partial charge in [0, 0.05) is 12.8 Å². The summed E-state index contributed by atoms with van der Waals surface area (Å²) in [6.07, 6.45) is 13.5. The molecule has 0 aromatic heterocycles. The van der Waals surface area contributed by atoms with Crippen molar-refractivity contribution in [2.45, 2.75) is 102 Å². The van der Waals surface area contributed by atoms with Gasteiger partial charge in [-0.1, -0.05) is 83.3 Å². The number of hydrogen-bond acceptors (Lipinski definition) is 5. The number of aliphatic hydroxyl groups is 1. The third-order valence-electron chi connectivity index (χ3n) is 5.88. The number of benzene rings is 1. The van der Waals surface area contributed by atoms with E-state index in [0.29, 0.717) is 6.42 Å². The van der Waals surface area contributed by atoms with E-state index >= 15 is 0 Å². The van der Waals surface area contributed by atoms with Crippen molar-refractivity contribution in [2.24, 2.45) is 5.73 Å². The van der Waals surface area contributed by atoms with Gasteiger partial charge >= 0.3 is 0 Å². The molecular formula is C26H43N3O5. The van der Waals surface area contributed by atoms with Crippen LogP contribution in [0.25, 0.3) is 0 Å². The highest BCUT2D eigenvalue weighted by molar-refractivity contribution is 5.91. The first-order valence-electron chi connectivity index (χ1n) is 12.6. The van der Waals surface area contributed by atoms with E-state index in [-0.39, 0.29) is 18.1 Å². The molecule has 6 N–H and O–H groups in total. The first-order chi connectivity index (χ1) is 16.4. The monoisotopic (exact) mass is 477 g/mol. The number of nitrogens with one attached hydrogen (secondary N) is 2. The minimum Gasteiger partial charge on any atom is -0.508 e. The molecule has 1 aromatic carbocycles. The van der Waals surface area contributed by atoms with Crippen molar-refractivity contribution in [3.05, 3.63) is 29.8 Å². The van der Waals surface area contributed by atoms with Crippen LogP contribution in [0.15, 0.2) is 24.3 Å². The van der Waals surface area contributed by atoms with Gasteiger partial charge < -0.3 is 26.6 Å². The van der Waals surface area contributed by atoms with Crippen LogP contribution in [0, 0.1) is 0 Å². The molecule has 2 atom stereocenters. The number of phenolic OH excluding ortho intramolecular Hbond substituents is 1. The lowest BCUT2D eigenvalue weighted by Gasteiger charge is -2.21. The van der Waals surface area contributed by atoms with Crippen LogP contribution in [-0.4, -0.2) is 46.6 Å². The standard InChI is InChI=1S/C26H43N3O5/c1-2-3-4-5-6-7-8-9-10-11-12-13-24(32)28-22(18-20-14-16-21(31)17-15-20)26(34)29-23(19-30)25(27)33/h14-17,22-23,30-31H,2-13,18-19H2,1H3,(H2,27,33)(H,28,32)(H,29,34)/t22-,23-/m0/s1. The number of rotatable bonds is 19. The van der Waals surface area contributed by atoms with Crippen LogP contribution < -0.4 is 16.4 Å². The molecule has 0 unspecified atom stereocenters. The fourth-order valence-electron chi connectivity index (χ4n) is 3.77. The molecule has 0 aliphatic heterocycles. The zero-order valence-corrected chi connectivity index (χ0v) is 20.6. The number of carbonyl (C=O) groups excluding carboxylic acids is 3. The fraction of sp³-hybridized carbons (Fsp3) is 0.654. The van der Waals surface area contributed by atoms with Crippen molar-refractivity contribution >= 4 is 17.7 Å². The van der Waals surface area contributed by atoms with E-state index < -0.39 is 30.5 Å². The summed E-state index contributed by atoms with van der Waals surface area (Å²) in [4.78, 5) is 36.5. The average molecular weight is 478 g/mol. The van der Waals surface area contributed by atoms with Crippen LogP contribution >= 0.6 is 0 Å². The summed E-state index contributed by atoms with van der Waals surface area (Å²) < 4.78 is 0. The van der Waals surface area contributed by atoms with Crippen molar-refractivity contribution in [3.8, 4) is 5.75 Å². The van der Waals surface area contributed by atoms with Crippen molar-refractivity contribution in [3.63, 3.8) is 0 Å². The number of primary amides is 1. The summed E-state index contributed by atoms with van der Waals surface area (Å²) in [6.45, 7) is 1.60. The fourth-order valence-corrected chi connectivity index (χ4v) is 3.77. The van der Waals surface area contributed by atoms with Gasteiger partial charge in [-0.3, -0.25) is 14.4 Å². The van der Waals surface area contributed by atoms with Crippen LogP contribution in [0.2, 0.25) is 0 Å². The Kier molecular flexibility index (Phi) is 15.4. The molecule has 0 fully saturated rings. The summed E-state index contributed by atoms with van der Waals surface area (Å²) in [5.41, 5.74) is 5.92. The summed E-state index contributed by atoms with van der Waals surface area (Å²) >= 11 is 0. The second kappa shape index (κ2) is 17.8. The molecule has 8 nitrogen and oxygen atoms in total. The second-order valence-corrected chi connectivity index (χ2v) is 8.92. The number of carbonyl (C=O) groups is 3. The van der Waals surface area contributed by atoms with E-state index in [4.69, 9.17) is 5.73 Å². The van der Waals surface area contributed by atoms with Gasteiger partial charge in [0.05, 0.1) is 6.61 Å². The molecule has 0 aliphatic rings. The normalized spacial score (nSPS) is 12.6. The zero-order chi connectivity index (χ0) is 25.2. The largest absolute Gasteiger partial charge is 0.508 e. The summed E-state index contributed by atoms with van der Waals surface area (Å²) in [5.74, 6) is -1.60. The van der Waals surface area contributed by atoms with Crippen LogP contribution in [0.5, 0.6) is 5.75 Å². The van der Waals surface area contributed by atoms with Gasteiger partial charge in [0.15, 0.2) is 0 Å². The van der Waals surface area contributed by atoms with E-state index in [1.54, 1.807) is 12.1 Å². The molecule has 3 amide bonds. The van der Waals surface area contributed by atoms with E-state index in [9.17, 15) is 24.6 Å². The molecule has 0 bridgehead atoms. The number of hydrogen-bond donors (Lipinski definition) is 5. The van der Waals surface area contributed by atoms with Crippen molar-refractivity contribution < 1.29 is 24.6 Å². The van der Waals surface area contributed by atoms with Crippen molar-refractivity contribution in [1.82, 2.24) is 10.6 Å². The number of unbranched alkanes of at least 4 members (excludes halogenated alkanes) is 10. The molecule has 192 valence electrons. The lowest BCUT2D eigenvalue weighted by Crippen LogP contribution is -2.54. The van der Waals surface area contributed by atoms with Gasteiger partial charge in [-0.15, -0.1) is 0 Å². The smallest absolute Gasteiger partial charge is 0.243 e. The Labute approximate surface area is 203 Å². The van der Waals surface area contributed by atoms with Crippen LogP contribution in [0.4, 0.5) is 0 Å². The quantitative estimate of drug-likeness (QED) is 0.195. The maximum absolute atomic E-state index is 12.7. The van der Waals surface area contributed by atoms with Gasteiger partial charge in [-0.2, -0.15) is 0 Å². The Morgan fingerprint density at radius 1 is 0.824 bits per heavy atom. The number of aliphatic hydroxyl groups excluding tert-OH is 1. The number of phenols is 1. The predicted octanol–water partition coefficient (Wildman–Crippen LogP) is 3.08. The maximum Gasteiger partial charge on any atom is 0.243 e. The molecule has 34 heavy (non-hydrogen) atoms. The van der Waals surface area contributed by atoms with Crippen LogP contribution in [0.3, 0.4) is 0 Å². The van der Waals surface area contributed by atoms with Crippen LogP contribution in [-0.2, 0) is 20.8 Å². The highest BCUT2D eigenvalue weighted by atomic mass is 16.3. The minimum absolute atomic E-state index is 0.0966. The summed E-state index contributed by atoms with van der Waals surface area (Å²) in [6, 6.07) is 4.15. The first-order valence-corrected chi connectivity index (χ1v) is 12.6. The molecular weight excluding hydrogens is 434 g/mol. The molecule has 1 rings (SSSR count).